The number of aryl methyl sites for hydroxylation is 1. The van der Waals surface area contributed by atoms with Crippen LogP contribution < -0.4 is 0 Å². The Bertz CT molecular complexity index is 584. The lowest BCUT2D eigenvalue weighted by atomic mass is 10.1. The second kappa shape index (κ2) is 7.27. The van der Waals surface area contributed by atoms with Crippen LogP contribution in [0.2, 0.25) is 0 Å². The summed E-state index contributed by atoms with van der Waals surface area (Å²) in [7, 11) is 0. The fourth-order valence-corrected chi connectivity index (χ4v) is 3.23. The van der Waals surface area contributed by atoms with Crippen LogP contribution >= 0.6 is 0 Å². The van der Waals surface area contributed by atoms with Crippen molar-refractivity contribution < 1.29 is 19.1 Å². The van der Waals surface area contributed by atoms with Gasteiger partial charge >= 0.3 is 5.97 Å². The van der Waals surface area contributed by atoms with E-state index in [-0.39, 0.29) is 24.0 Å². The smallest absolute Gasteiger partial charge is 0.340 e. The van der Waals surface area contributed by atoms with Gasteiger partial charge < -0.3 is 14.5 Å². The molecule has 23 heavy (non-hydrogen) atoms. The minimum atomic E-state index is -0.383. The molecule has 0 spiro atoms. The van der Waals surface area contributed by atoms with Crippen LogP contribution in [0, 0.1) is 13.8 Å². The predicted molar refractivity (Wildman–Crippen MR) is 87.0 cm³/mol. The first-order valence-corrected chi connectivity index (χ1v) is 8.10. The fourth-order valence-electron chi connectivity index (χ4n) is 3.23. The number of aromatic nitrogens is 1. The third-order valence-electron chi connectivity index (χ3n) is 4.06. The highest BCUT2D eigenvalue weighted by molar-refractivity contribution is 6.02. The van der Waals surface area contributed by atoms with E-state index in [1.165, 1.54) is 0 Å². The highest BCUT2D eigenvalue weighted by atomic mass is 16.5. The third kappa shape index (κ3) is 4.00. The molecule has 1 N–H and O–H groups in total. The van der Waals surface area contributed by atoms with Gasteiger partial charge in [-0.3, -0.25) is 9.69 Å². The Balaban J connectivity index is 2.14. The van der Waals surface area contributed by atoms with Crippen molar-refractivity contribution in [3.05, 3.63) is 22.5 Å². The molecule has 0 bridgehead atoms. The zero-order valence-electron chi connectivity index (χ0n) is 14.6. The van der Waals surface area contributed by atoms with E-state index in [4.69, 9.17) is 9.47 Å². The highest BCUT2D eigenvalue weighted by Gasteiger charge is 2.27. The Morgan fingerprint density at radius 3 is 2.43 bits per heavy atom. The van der Waals surface area contributed by atoms with Crippen LogP contribution in [0.25, 0.3) is 0 Å². The van der Waals surface area contributed by atoms with Gasteiger partial charge in [0.15, 0.2) is 5.78 Å². The van der Waals surface area contributed by atoms with Crippen molar-refractivity contribution in [3.63, 3.8) is 0 Å². The van der Waals surface area contributed by atoms with Gasteiger partial charge in [0.05, 0.1) is 36.6 Å². The molecule has 2 atom stereocenters. The first-order valence-electron chi connectivity index (χ1n) is 8.10. The van der Waals surface area contributed by atoms with Crippen LogP contribution in [0.5, 0.6) is 0 Å². The predicted octanol–water partition coefficient (Wildman–Crippen LogP) is 2.10. The Morgan fingerprint density at radius 2 is 1.87 bits per heavy atom. The zero-order chi connectivity index (χ0) is 17.1. The van der Waals surface area contributed by atoms with E-state index in [1.807, 2.05) is 13.8 Å². The SMILES string of the molecule is CCOC(=O)c1c(C)[nH]c(C(=O)CN2C[C@H](C)O[C@@H](C)C2)c1C. The van der Waals surface area contributed by atoms with E-state index in [0.717, 1.165) is 13.1 Å². The van der Waals surface area contributed by atoms with Gasteiger partial charge in [0, 0.05) is 18.8 Å². The molecule has 1 fully saturated rings. The average molecular weight is 322 g/mol. The number of hydrogen-bond donors (Lipinski definition) is 1. The number of morpholine rings is 1. The lowest BCUT2D eigenvalue weighted by Crippen LogP contribution is -2.47. The molecule has 1 aromatic heterocycles. The van der Waals surface area contributed by atoms with E-state index in [2.05, 4.69) is 9.88 Å². The molecule has 1 saturated heterocycles. The number of H-pyrrole nitrogens is 1. The van der Waals surface area contributed by atoms with Crippen molar-refractivity contribution in [2.24, 2.45) is 0 Å². The number of rotatable bonds is 5. The second-order valence-corrected chi connectivity index (χ2v) is 6.22. The number of carbonyl (C=O) groups is 2. The number of nitrogens with one attached hydrogen (secondary N) is 1. The number of aromatic amines is 1. The molecule has 6 heteroatoms. The molecule has 0 saturated carbocycles. The summed E-state index contributed by atoms with van der Waals surface area (Å²) in [6.07, 6.45) is 0.237. The maximum atomic E-state index is 12.6. The largest absolute Gasteiger partial charge is 0.462 e. The normalized spacial score (nSPS) is 22.1. The summed E-state index contributed by atoms with van der Waals surface area (Å²) in [6.45, 7) is 11.5. The number of nitrogens with zero attached hydrogens (tertiary/aromatic N) is 1. The summed E-state index contributed by atoms with van der Waals surface area (Å²) in [6, 6.07) is 0. The van der Waals surface area contributed by atoms with E-state index in [9.17, 15) is 9.59 Å². The van der Waals surface area contributed by atoms with Crippen molar-refractivity contribution in [2.75, 3.05) is 26.2 Å². The van der Waals surface area contributed by atoms with E-state index >= 15 is 0 Å². The minimum absolute atomic E-state index is 0.0116. The summed E-state index contributed by atoms with van der Waals surface area (Å²) in [5, 5.41) is 0. The Labute approximate surface area is 137 Å². The molecule has 2 heterocycles. The van der Waals surface area contributed by atoms with Crippen LogP contribution in [-0.4, -0.2) is 60.1 Å². The average Bonchev–Trinajstić information content (AvgIpc) is 2.73. The van der Waals surface area contributed by atoms with Crippen molar-refractivity contribution in [1.29, 1.82) is 0 Å². The summed E-state index contributed by atoms with van der Waals surface area (Å²) in [5.41, 5.74) is 2.31. The number of esters is 1. The summed E-state index contributed by atoms with van der Waals surface area (Å²) in [5.74, 6) is -0.395. The molecule has 0 radical (unpaired) electrons. The molecule has 128 valence electrons. The Hall–Kier alpha value is -1.66. The third-order valence-corrected chi connectivity index (χ3v) is 4.06. The molecule has 0 aliphatic carbocycles. The lowest BCUT2D eigenvalue weighted by molar-refractivity contribution is -0.0652. The maximum Gasteiger partial charge on any atom is 0.340 e. The van der Waals surface area contributed by atoms with Gasteiger partial charge in [-0.05, 0) is 40.2 Å². The van der Waals surface area contributed by atoms with E-state index in [1.54, 1.807) is 20.8 Å². The molecule has 1 aliphatic heterocycles. The molecule has 0 amide bonds. The number of Topliss-reactive ketones (excluding diaryl/α,β-unsaturated/α-hetero) is 1. The standard InChI is InChI=1S/C17H26N2O4/c1-6-22-17(21)15-12(4)16(18-13(15)5)14(20)9-19-7-10(2)23-11(3)8-19/h10-11,18H,6-9H2,1-5H3/t10-,11-/m0/s1. The molecule has 2 rings (SSSR count). The number of ketones is 1. The summed E-state index contributed by atoms with van der Waals surface area (Å²) < 4.78 is 10.8. The highest BCUT2D eigenvalue weighted by Crippen LogP contribution is 2.20. The monoisotopic (exact) mass is 322 g/mol. The van der Waals surface area contributed by atoms with Crippen LogP contribution in [-0.2, 0) is 9.47 Å². The van der Waals surface area contributed by atoms with Crippen molar-refractivity contribution in [2.45, 2.75) is 46.8 Å². The second-order valence-electron chi connectivity index (χ2n) is 6.22. The fraction of sp³-hybridized carbons (Fsp3) is 0.647. The molecule has 0 aromatic carbocycles. The van der Waals surface area contributed by atoms with Crippen LogP contribution in [0.4, 0.5) is 0 Å². The van der Waals surface area contributed by atoms with Gasteiger partial charge in [0.25, 0.3) is 0 Å². The zero-order valence-corrected chi connectivity index (χ0v) is 14.6. The molecular weight excluding hydrogens is 296 g/mol. The van der Waals surface area contributed by atoms with Crippen LogP contribution in [0.15, 0.2) is 0 Å². The van der Waals surface area contributed by atoms with Crippen molar-refractivity contribution in [1.82, 2.24) is 9.88 Å². The first-order chi connectivity index (χ1) is 10.8. The molecule has 0 unspecified atom stereocenters. The van der Waals surface area contributed by atoms with Crippen LogP contribution in [0.1, 0.15) is 52.9 Å². The summed E-state index contributed by atoms with van der Waals surface area (Å²) in [4.78, 5) is 29.8. The first kappa shape index (κ1) is 17.7. The van der Waals surface area contributed by atoms with Gasteiger partial charge in [-0.25, -0.2) is 4.79 Å². The lowest BCUT2D eigenvalue weighted by Gasteiger charge is -2.34. The van der Waals surface area contributed by atoms with Crippen molar-refractivity contribution >= 4 is 11.8 Å². The molecule has 1 aromatic rings. The molecule has 1 aliphatic rings. The number of carbonyl (C=O) groups excluding carboxylic acids is 2. The van der Waals surface area contributed by atoms with Gasteiger partial charge in [0.1, 0.15) is 0 Å². The van der Waals surface area contributed by atoms with Gasteiger partial charge in [-0.1, -0.05) is 0 Å². The number of ether oxygens (including phenoxy) is 2. The molecular formula is C17H26N2O4. The number of hydrogen-bond acceptors (Lipinski definition) is 5. The van der Waals surface area contributed by atoms with Gasteiger partial charge in [0.2, 0.25) is 0 Å². The topological polar surface area (TPSA) is 71.6 Å². The van der Waals surface area contributed by atoms with E-state index < -0.39 is 0 Å². The van der Waals surface area contributed by atoms with Crippen LogP contribution in [0.3, 0.4) is 0 Å². The Kier molecular flexibility index (Phi) is 5.59. The van der Waals surface area contributed by atoms with Gasteiger partial charge in [-0.15, -0.1) is 0 Å². The Morgan fingerprint density at radius 1 is 1.26 bits per heavy atom. The minimum Gasteiger partial charge on any atom is -0.462 e. The van der Waals surface area contributed by atoms with E-state index in [0.29, 0.717) is 35.7 Å². The summed E-state index contributed by atoms with van der Waals surface area (Å²) >= 11 is 0. The van der Waals surface area contributed by atoms with Gasteiger partial charge in [-0.2, -0.15) is 0 Å². The van der Waals surface area contributed by atoms with Crippen molar-refractivity contribution in [3.8, 4) is 0 Å². The quantitative estimate of drug-likeness (QED) is 0.664. The molecule has 6 nitrogen and oxygen atoms in total. The maximum absolute atomic E-state index is 12.6.